The first-order valence-electron chi connectivity index (χ1n) is 8.15. The predicted molar refractivity (Wildman–Crippen MR) is 92.8 cm³/mol. The van der Waals surface area contributed by atoms with Crippen LogP contribution in [0.3, 0.4) is 0 Å². The van der Waals surface area contributed by atoms with E-state index >= 15 is 0 Å². The zero-order valence-corrected chi connectivity index (χ0v) is 13.9. The van der Waals surface area contributed by atoms with Crippen molar-refractivity contribution in [2.45, 2.75) is 25.4 Å². The van der Waals surface area contributed by atoms with Gasteiger partial charge in [0.05, 0.1) is 23.7 Å². The van der Waals surface area contributed by atoms with E-state index < -0.39 is 0 Å². The van der Waals surface area contributed by atoms with Crippen LogP contribution in [0.1, 0.15) is 28.8 Å². The normalized spacial score (nSPS) is 20.9. The molecule has 0 saturated carbocycles. The number of hydrogen-bond donors (Lipinski definition) is 2. The van der Waals surface area contributed by atoms with E-state index in [2.05, 4.69) is 35.6 Å². The number of nitrogens with one attached hydrogen (secondary N) is 2. The third kappa shape index (κ3) is 4.34. The van der Waals surface area contributed by atoms with Crippen molar-refractivity contribution in [2.75, 3.05) is 13.1 Å². The minimum Gasteiger partial charge on any atom is -0.349 e. The summed E-state index contributed by atoms with van der Waals surface area (Å²) < 4.78 is 0. The van der Waals surface area contributed by atoms with Gasteiger partial charge in [-0.25, -0.2) is 0 Å². The molecule has 4 heteroatoms. The second-order valence-electron chi connectivity index (χ2n) is 6.14. The minimum absolute atomic E-state index is 0.0629. The van der Waals surface area contributed by atoms with Crippen LogP contribution in [0.2, 0.25) is 5.02 Å². The highest BCUT2D eigenvalue weighted by atomic mass is 35.5. The lowest BCUT2D eigenvalue weighted by Gasteiger charge is -2.30. The average Bonchev–Trinajstić information content (AvgIpc) is 2.58. The van der Waals surface area contributed by atoms with Gasteiger partial charge in [-0.2, -0.15) is 0 Å². The van der Waals surface area contributed by atoms with Gasteiger partial charge in [-0.3, -0.25) is 4.79 Å². The number of benzene rings is 2. The molecule has 0 spiro atoms. The van der Waals surface area contributed by atoms with Gasteiger partial charge >= 0.3 is 0 Å². The van der Waals surface area contributed by atoms with Crippen molar-refractivity contribution >= 4 is 17.5 Å². The fraction of sp³-hybridized carbons (Fsp3) is 0.316. The Hall–Kier alpha value is -1.84. The first kappa shape index (κ1) is 16.0. The zero-order valence-electron chi connectivity index (χ0n) is 13.1. The van der Waals surface area contributed by atoms with Crippen LogP contribution < -0.4 is 10.2 Å². The predicted octanol–water partition coefficient (Wildman–Crippen LogP) is 2.32. The number of carbonyl (C=O) groups excluding carboxylic acids is 1. The molecule has 1 heterocycles. The van der Waals surface area contributed by atoms with E-state index in [4.69, 9.17) is 11.6 Å². The van der Waals surface area contributed by atoms with Crippen molar-refractivity contribution in [1.82, 2.24) is 5.32 Å². The molecule has 0 aliphatic carbocycles. The Balaban J connectivity index is 1.49. The van der Waals surface area contributed by atoms with Gasteiger partial charge in [-0.05, 0) is 12.1 Å². The van der Waals surface area contributed by atoms with Gasteiger partial charge in [0, 0.05) is 24.4 Å². The highest BCUT2D eigenvalue weighted by Crippen LogP contribution is 2.15. The molecule has 0 aromatic heterocycles. The molecule has 1 fully saturated rings. The quantitative estimate of drug-likeness (QED) is 0.887. The summed E-state index contributed by atoms with van der Waals surface area (Å²) >= 11 is 6.09. The van der Waals surface area contributed by atoms with Crippen LogP contribution in [0.5, 0.6) is 0 Å². The molecule has 3 nitrogen and oxygen atoms in total. The van der Waals surface area contributed by atoms with Gasteiger partial charge in [0.1, 0.15) is 6.54 Å². The Morgan fingerprint density at radius 1 is 1.04 bits per heavy atom. The number of halogens is 1. The van der Waals surface area contributed by atoms with E-state index in [1.54, 1.807) is 17.0 Å². The van der Waals surface area contributed by atoms with Crippen molar-refractivity contribution < 1.29 is 9.69 Å². The largest absolute Gasteiger partial charge is 0.349 e. The summed E-state index contributed by atoms with van der Waals surface area (Å²) in [5.74, 6) is -0.0629. The van der Waals surface area contributed by atoms with E-state index in [-0.39, 0.29) is 11.9 Å². The molecule has 2 N–H and O–H groups in total. The lowest BCUT2D eigenvalue weighted by molar-refractivity contribution is -0.918. The number of rotatable bonds is 4. The van der Waals surface area contributed by atoms with Crippen LogP contribution >= 0.6 is 11.6 Å². The number of amides is 1. The van der Waals surface area contributed by atoms with E-state index in [0.29, 0.717) is 10.6 Å². The molecular weight excluding hydrogens is 308 g/mol. The molecule has 1 saturated heterocycles. The second-order valence-corrected chi connectivity index (χ2v) is 6.55. The maximum Gasteiger partial charge on any atom is 0.253 e. The Kier molecular flexibility index (Phi) is 5.31. The summed E-state index contributed by atoms with van der Waals surface area (Å²) in [4.78, 5) is 13.9. The topological polar surface area (TPSA) is 33.5 Å². The fourth-order valence-corrected chi connectivity index (χ4v) is 3.36. The molecule has 1 aliphatic heterocycles. The summed E-state index contributed by atoms with van der Waals surface area (Å²) in [6.07, 6.45) is 2.02. The highest BCUT2D eigenvalue weighted by molar-refractivity contribution is 6.33. The van der Waals surface area contributed by atoms with E-state index in [1.807, 2.05) is 12.1 Å². The number of carbonyl (C=O) groups is 1. The van der Waals surface area contributed by atoms with E-state index in [9.17, 15) is 4.79 Å². The summed E-state index contributed by atoms with van der Waals surface area (Å²) in [7, 11) is 0. The lowest BCUT2D eigenvalue weighted by atomic mass is 10.0. The SMILES string of the molecule is O=C(NC1CC[NH+](Cc2ccccc2)CC1)c1ccccc1Cl. The Labute approximate surface area is 142 Å². The molecule has 2 aromatic rings. The number of quaternary nitrogens is 1. The highest BCUT2D eigenvalue weighted by Gasteiger charge is 2.24. The maximum absolute atomic E-state index is 12.3. The Morgan fingerprint density at radius 2 is 1.70 bits per heavy atom. The maximum atomic E-state index is 12.3. The Bertz CT molecular complexity index is 651. The van der Waals surface area contributed by atoms with Crippen molar-refractivity contribution in [2.24, 2.45) is 0 Å². The molecule has 2 aromatic carbocycles. The average molecular weight is 330 g/mol. The van der Waals surface area contributed by atoms with Gasteiger partial charge < -0.3 is 10.2 Å². The van der Waals surface area contributed by atoms with Crippen LogP contribution in [-0.4, -0.2) is 25.0 Å². The molecule has 0 radical (unpaired) electrons. The van der Waals surface area contributed by atoms with Crippen LogP contribution in [0.25, 0.3) is 0 Å². The van der Waals surface area contributed by atoms with E-state index in [1.165, 1.54) is 5.56 Å². The fourth-order valence-electron chi connectivity index (χ4n) is 3.14. The van der Waals surface area contributed by atoms with Gasteiger partial charge in [0.25, 0.3) is 5.91 Å². The number of piperidine rings is 1. The lowest BCUT2D eigenvalue weighted by Crippen LogP contribution is -3.12. The zero-order chi connectivity index (χ0) is 16.1. The summed E-state index contributed by atoms with van der Waals surface area (Å²) in [6.45, 7) is 3.23. The van der Waals surface area contributed by atoms with Crippen LogP contribution in [0, 0.1) is 0 Å². The van der Waals surface area contributed by atoms with Gasteiger partial charge in [-0.15, -0.1) is 0 Å². The van der Waals surface area contributed by atoms with Crippen molar-refractivity contribution in [1.29, 1.82) is 0 Å². The molecule has 0 unspecified atom stereocenters. The molecule has 120 valence electrons. The monoisotopic (exact) mass is 329 g/mol. The third-order valence-corrected chi connectivity index (χ3v) is 4.77. The second kappa shape index (κ2) is 7.62. The summed E-state index contributed by atoms with van der Waals surface area (Å²) in [5, 5.41) is 3.63. The van der Waals surface area contributed by atoms with Crippen molar-refractivity contribution in [3.63, 3.8) is 0 Å². The minimum atomic E-state index is -0.0629. The standard InChI is InChI=1S/C19H21ClN2O/c20-18-9-5-4-8-17(18)19(23)21-16-10-12-22(13-11-16)14-15-6-2-1-3-7-15/h1-9,16H,10-14H2,(H,21,23)/p+1. The molecular formula is C19H22ClN2O+. The molecule has 0 atom stereocenters. The number of hydrogen-bond acceptors (Lipinski definition) is 1. The molecule has 3 rings (SSSR count). The van der Waals surface area contributed by atoms with Crippen LogP contribution in [0.15, 0.2) is 54.6 Å². The van der Waals surface area contributed by atoms with Crippen LogP contribution in [0.4, 0.5) is 0 Å². The van der Waals surface area contributed by atoms with Gasteiger partial charge in [-0.1, -0.05) is 54.1 Å². The van der Waals surface area contributed by atoms with Gasteiger partial charge in [0.15, 0.2) is 0 Å². The smallest absolute Gasteiger partial charge is 0.253 e. The first-order valence-corrected chi connectivity index (χ1v) is 8.53. The van der Waals surface area contributed by atoms with Crippen molar-refractivity contribution in [3.8, 4) is 0 Å². The molecule has 0 bridgehead atoms. The van der Waals surface area contributed by atoms with Crippen LogP contribution in [-0.2, 0) is 6.54 Å². The first-order chi connectivity index (χ1) is 11.2. The molecule has 1 aliphatic rings. The summed E-state index contributed by atoms with van der Waals surface area (Å²) in [6, 6.07) is 18.0. The van der Waals surface area contributed by atoms with Gasteiger partial charge in [0.2, 0.25) is 0 Å². The molecule has 1 amide bonds. The molecule has 23 heavy (non-hydrogen) atoms. The van der Waals surface area contributed by atoms with E-state index in [0.717, 1.165) is 32.5 Å². The number of likely N-dealkylation sites (tertiary alicyclic amines) is 1. The third-order valence-electron chi connectivity index (χ3n) is 4.44. The van der Waals surface area contributed by atoms with Crippen molar-refractivity contribution in [3.05, 3.63) is 70.7 Å². The Morgan fingerprint density at radius 3 is 2.39 bits per heavy atom. The summed E-state index contributed by atoms with van der Waals surface area (Å²) in [5.41, 5.74) is 1.94.